The second-order valence-corrected chi connectivity index (χ2v) is 5.96. The zero-order chi connectivity index (χ0) is 13.4. The third-order valence-electron chi connectivity index (χ3n) is 4.34. The first-order chi connectivity index (χ1) is 9.19. The minimum absolute atomic E-state index is 0.305. The summed E-state index contributed by atoms with van der Waals surface area (Å²) in [5, 5.41) is 4.98. The van der Waals surface area contributed by atoms with Crippen molar-refractivity contribution in [2.45, 2.75) is 52.1 Å². The fourth-order valence-electron chi connectivity index (χ4n) is 3.30. The summed E-state index contributed by atoms with van der Waals surface area (Å²) in [6.07, 6.45) is 3.62. The van der Waals surface area contributed by atoms with Crippen molar-refractivity contribution in [1.29, 1.82) is 0 Å². The molecule has 0 saturated heterocycles. The summed E-state index contributed by atoms with van der Waals surface area (Å²) in [6, 6.07) is 9.34. The highest BCUT2D eigenvalue weighted by atomic mass is 16.3. The summed E-state index contributed by atoms with van der Waals surface area (Å²) < 4.78 is 6.09. The molecule has 0 amide bonds. The predicted octanol–water partition coefficient (Wildman–Crippen LogP) is 4.44. The van der Waals surface area contributed by atoms with Crippen LogP contribution in [0.5, 0.6) is 0 Å². The van der Waals surface area contributed by atoms with Crippen LogP contribution in [-0.4, -0.2) is 6.04 Å². The normalized spacial score (nSPS) is 24.4. The third kappa shape index (κ3) is 2.30. The molecule has 1 aliphatic rings. The van der Waals surface area contributed by atoms with Crippen molar-refractivity contribution in [3.63, 3.8) is 0 Å². The lowest BCUT2D eigenvalue weighted by molar-refractivity contribution is 0.219. The van der Waals surface area contributed by atoms with Gasteiger partial charge >= 0.3 is 0 Å². The van der Waals surface area contributed by atoms with Crippen molar-refractivity contribution in [2.24, 2.45) is 5.92 Å². The van der Waals surface area contributed by atoms with Crippen LogP contribution < -0.4 is 5.32 Å². The molecular weight excluding hydrogens is 234 g/mol. The molecular formula is C17H23NO. The Bertz CT molecular complexity index is 566. The van der Waals surface area contributed by atoms with E-state index in [1.54, 1.807) is 0 Å². The van der Waals surface area contributed by atoms with Gasteiger partial charge in [-0.2, -0.15) is 0 Å². The molecule has 2 nitrogen and oxygen atoms in total. The Hall–Kier alpha value is -1.28. The van der Waals surface area contributed by atoms with E-state index in [-0.39, 0.29) is 0 Å². The Morgan fingerprint density at radius 2 is 2.05 bits per heavy atom. The van der Waals surface area contributed by atoms with Crippen molar-refractivity contribution in [1.82, 2.24) is 5.32 Å². The second kappa shape index (κ2) is 5.01. The summed E-state index contributed by atoms with van der Waals surface area (Å²) in [5.74, 6) is 2.01. The van der Waals surface area contributed by atoms with Gasteiger partial charge in [0.25, 0.3) is 0 Å². The summed E-state index contributed by atoms with van der Waals surface area (Å²) >= 11 is 0. The van der Waals surface area contributed by atoms with Gasteiger partial charge in [0.05, 0.1) is 6.04 Å². The van der Waals surface area contributed by atoms with E-state index in [1.165, 1.54) is 23.8 Å². The largest absolute Gasteiger partial charge is 0.459 e. The minimum Gasteiger partial charge on any atom is -0.459 e. The van der Waals surface area contributed by atoms with Crippen LogP contribution in [0.4, 0.5) is 0 Å². The van der Waals surface area contributed by atoms with Crippen molar-refractivity contribution < 1.29 is 4.42 Å². The number of benzene rings is 1. The highest BCUT2D eigenvalue weighted by molar-refractivity contribution is 5.82. The molecule has 0 spiro atoms. The van der Waals surface area contributed by atoms with E-state index in [4.69, 9.17) is 4.42 Å². The smallest absolute Gasteiger partial charge is 0.134 e. The zero-order valence-corrected chi connectivity index (χ0v) is 12.1. The van der Waals surface area contributed by atoms with Crippen molar-refractivity contribution >= 4 is 11.0 Å². The molecule has 19 heavy (non-hydrogen) atoms. The molecule has 1 fully saturated rings. The number of hydrogen-bond acceptors (Lipinski definition) is 2. The number of para-hydroxylation sites is 1. The lowest BCUT2D eigenvalue weighted by Gasteiger charge is -2.35. The lowest BCUT2D eigenvalue weighted by Crippen LogP contribution is -2.41. The Morgan fingerprint density at radius 1 is 1.32 bits per heavy atom. The Kier molecular flexibility index (Phi) is 3.36. The van der Waals surface area contributed by atoms with E-state index >= 15 is 0 Å². The Morgan fingerprint density at radius 3 is 2.74 bits per heavy atom. The molecule has 2 aromatic rings. The molecule has 1 atom stereocenters. The van der Waals surface area contributed by atoms with Gasteiger partial charge in [0.1, 0.15) is 11.3 Å². The van der Waals surface area contributed by atoms with E-state index in [1.807, 2.05) is 6.07 Å². The van der Waals surface area contributed by atoms with Gasteiger partial charge in [0.15, 0.2) is 0 Å². The standard InChI is InChI=1S/C17H23NO/c1-4-14-15-7-5-6-8-16(15)19-17(14)12(3)18-13-9-11(2)10-13/h5-8,11-13,18H,4,9-10H2,1-3H3. The predicted molar refractivity (Wildman–Crippen MR) is 79.3 cm³/mol. The number of furan rings is 1. The maximum absolute atomic E-state index is 6.09. The van der Waals surface area contributed by atoms with Crippen LogP contribution >= 0.6 is 0 Å². The van der Waals surface area contributed by atoms with Gasteiger partial charge in [-0.1, -0.05) is 32.0 Å². The molecule has 102 valence electrons. The van der Waals surface area contributed by atoms with Gasteiger partial charge in [0, 0.05) is 17.0 Å². The topological polar surface area (TPSA) is 25.2 Å². The van der Waals surface area contributed by atoms with Crippen LogP contribution in [0.2, 0.25) is 0 Å². The van der Waals surface area contributed by atoms with E-state index in [0.29, 0.717) is 12.1 Å². The average molecular weight is 257 g/mol. The van der Waals surface area contributed by atoms with Crippen LogP contribution in [0, 0.1) is 5.92 Å². The van der Waals surface area contributed by atoms with Crippen molar-refractivity contribution in [3.8, 4) is 0 Å². The molecule has 1 aliphatic carbocycles. The van der Waals surface area contributed by atoms with Crippen LogP contribution in [-0.2, 0) is 6.42 Å². The van der Waals surface area contributed by atoms with Crippen LogP contribution in [0.3, 0.4) is 0 Å². The first-order valence-electron chi connectivity index (χ1n) is 7.45. The van der Waals surface area contributed by atoms with Crippen LogP contribution in [0.1, 0.15) is 51.0 Å². The van der Waals surface area contributed by atoms with Crippen molar-refractivity contribution in [2.75, 3.05) is 0 Å². The van der Waals surface area contributed by atoms with Gasteiger partial charge in [-0.15, -0.1) is 0 Å². The molecule has 1 N–H and O–H groups in total. The summed E-state index contributed by atoms with van der Waals surface area (Å²) in [5.41, 5.74) is 2.38. The number of fused-ring (bicyclic) bond motifs is 1. The third-order valence-corrected chi connectivity index (χ3v) is 4.34. The van der Waals surface area contributed by atoms with Crippen molar-refractivity contribution in [3.05, 3.63) is 35.6 Å². The quantitative estimate of drug-likeness (QED) is 0.875. The number of nitrogens with one attached hydrogen (secondary N) is 1. The zero-order valence-electron chi connectivity index (χ0n) is 12.1. The average Bonchev–Trinajstić information content (AvgIpc) is 2.75. The Balaban J connectivity index is 1.86. The number of rotatable bonds is 4. The number of aryl methyl sites for hydroxylation is 1. The Labute approximate surface area is 115 Å². The molecule has 1 aromatic carbocycles. The molecule has 1 aromatic heterocycles. The first-order valence-corrected chi connectivity index (χ1v) is 7.45. The van der Waals surface area contributed by atoms with E-state index < -0.39 is 0 Å². The SMILES string of the molecule is CCc1c(C(C)NC2CC(C)C2)oc2ccccc12. The monoisotopic (exact) mass is 257 g/mol. The van der Waals surface area contributed by atoms with Gasteiger partial charge in [-0.05, 0) is 38.2 Å². The molecule has 2 heteroatoms. The summed E-state index contributed by atoms with van der Waals surface area (Å²) in [7, 11) is 0. The fourth-order valence-corrected chi connectivity index (χ4v) is 3.30. The lowest BCUT2D eigenvalue weighted by atomic mass is 9.81. The van der Waals surface area contributed by atoms with Crippen LogP contribution in [0.15, 0.2) is 28.7 Å². The molecule has 1 saturated carbocycles. The van der Waals surface area contributed by atoms with E-state index in [2.05, 4.69) is 44.3 Å². The number of hydrogen-bond donors (Lipinski definition) is 1. The maximum atomic E-state index is 6.09. The molecule has 0 radical (unpaired) electrons. The highest BCUT2D eigenvalue weighted by Crippen LogP contribution is 2.33. The summed E-state index contributed by atoms with van der Waals surface area (Å²) in [6.45, 7) is 6.75. The second-order valence-electron chi connectivity index (χ2n) is 5.96. The highest BCUT2D eigenvalue weighted by Gasteiger charge is 2.28. The summed E-state index contributed by atoms with van der Waals surface area (Å²) in [4.78, 5) is 0. The maximum Gasteiger partial charge on any atom is 0.134 e. The minimum atomic E-state index is 0.305. The first kappa shape index (κ1) is 12.7. The van der Waals surface area contributed by atoms with Gasteiger partial charge in [-0.25, -0.2) is 0 Å². The van der Waals surface area contributed by atoms with Gasteiger partial charge in [0.2, 0.25) is 0 Å². The molecule has 1 heterocycles. The molecule has 0 aliphatic heterocycles. The van der Waals surface area contributed by atoms with Gasteiger partial charge < -0.3 is 9.73 Å². The van der Waals surface area contributed by atoms with Crippen LogP contribution in [0.25, 0.3) is 11.0 Å². The van der Waals surface area contributed by atoms with Gasteiger partial charge in [-0.3, -0.25) is 0 Å². The van der Waals surface area contributed by atoms with E-state index in [0.717, 1.165) is 23.7 Å². The molecule has 0 bridgehead atoms. The molecule has 1 unspecified atom stereocenters. The fraction of sp³-hybridized carbons (Fsp3) is 0.529. The molecule has 3 rings (SSSR count). The van der Waals surface area contributed by atoms with E-state index in [9.17, 15) is 0 Å².